The van der Waals surface area contributed by atoms with Gasteiger partial charge in [0, 0.05) is 18.3 Å². The van der Waals surface area contributed by atoms with Crippen LogP contribution in [0.2, 0.25) is 0 Å². The molecule has 0 aliphatic carbocycles. The third-order valence-electron chi connectivity index (χ3n) is 3.16. The molecule has 0 atom stereocenters. The van der Waals surface area contributed by atoms with Gasteiger partial charge in [0.1, 0.15) is 0 Å². The summed E-state index contributed by atoms with van der Waals surface area (Å²) in [5, 5.41) is 9.20. The monoisotopic (exact) mass is 259 g/mol. The van der Waals surface area contributed by atoms with Crippen LogP contribution >= 0.6 is 0 Å². The van der Waals surface area contributed by atoms with Gasteiger partial charge in [0.05, 0.1) is 5.56 Å². The number of benzene rings is 1. The number of allylic oxidation sites excluding steroid dienone is 1. The fourth-order valence-electron chi connectivity index (χ4n) is 2.38. The SMILES string of the molecule is CC(C)=CC(=O)N1CCCc2c(C(=O)O)cccc21. The fraction of sp³-hybridized carbons (Fsp3) is 0.333. The summed E-state index contributed by atoms with van der Waals surface area (Å²) >= 11 is 0. The molecule has 0 saturated heterocycles. The molecule has 1 aliphatic rings. The van der Waals surface area contributed by atoms with Gasteiger partial charge in [-0.2, -0.15) is 0 Å². The molecule has 1 aliphatic heterocycles. The molecule has 1 aromatic rings. The highest BCUT2D eigenvalue weighted by Gasteiger charge is 2.24. The Morgan fingerprint density at radius 2 is 2.05 bits per heavy atom. The number of carbonyl (C=O) groups is 2. The van der Waals surface area contributed by atoms with Crippen molar-refractivity contribution >= 4 is 17.6 Å². The van der Waals surface area contributed by atoms with Crippen molar-refractivity contribution in [3.05, 3.63) is 41.0 Å². The Balaban J connectivity index is 2.46. The van der Waals surface area contributed by atoms with Crippen LogP contribution in [-0.4, -0.2) is 23.5 Å². The van der Waals surface area contributed by atoms with Crippen molar-refractivity contribution in [2.24, 2.45) is 0 Å². The van der Waals surface area contributed by atoms with Gasteiger partial charge in [0.15, 0.2) is 0 Å². The highest BCUT2D eigenvalue weighted by atomic mass is 16.4. The van der Waals surface area contributed by atoms with Crippen molar-refractivity contribution in [1.82, 2.24) is 0 Å². The van der Waals surface area contributed by atoms with Crippen LogP contribution in [0.15, 0.2) is 29.8 Å². The summed E-state index contributed by atoms with van der Waals surface area (Å²) in [6.07, 6.45) is 3.08. The summed E-state index contributed by atoms with van der Waals surface area (Å²) in [4.78, 5) is 25.0. The number of fused-ring (bicyclic) bond motifs is 1. The van der Waals surface area contributed by atoms with Crippen LogP contribution in [-0.2, 0) is 11.2 Å². The first kappa shape index (κ1) is 13.3. The van der Waals surface area contributed by atoms with E-state index in [0.717, 1.165) is 23.2 Å². The number of rotatable bonds is 2. The third kappa shape index (κ3) is 2.67. The molecular weight excluding hydrogens is 242 g/mol. The lowest BCUT2D eigenvalue weighted by atomic mass is 9.96. The van der Waals surface area contributed by atoms with Crippen molar-refractivity contribution in [2.45, 2.75) is 26.7 Å². The molecule has 0 radical (unpaired) electrons. The maximum atomic E-state index is 12.2. The Labute approximate surface area is 112 Å². The van der Waals surface area contributed by atoms with Gasteiger partial charge in [-0.05, 0) is 44.4 Å². The van der Waals surface area contributed by atoms with Crippen molar-refractivity contribution < 1.29 is 14.7 Å². The number of nitrogens with zero attached hydrogens (tertiary/aromatic N) is 1. The van der Waals surface area contributed by atoms with E-state index in [2.05, 4.69) is 0 Å². The van der Waals surface area contributed by atoms with Crippen LogP contribution in [0.3, 0.4) is 0 Å². The van der Waals surface area contributed by atoms with E-state index in [1.165, 1.54) is 0 Å². The van der Waals surface area contributed by atoms with Crippen molar-refractivity contribution in [3.63, 3.8) is 0 Å². The summed E-state index contributed by atoms with van der Waals surface area (Å²) in [7, 11) is 0. The van der Waals surface area contributed by atoms with E-state index in [1.807, 2.05) is 19.9 Å². The molecule has 0 bridgehead atoms. The molecule has 4 heteroatoms. The average Bonchev–Trinajstić information content (AvgIpc) is 2.36. The fourth-order valence-corrected chi connectivity index (χ4v) is 2.38. The van der Waals surface area contributed by atoms with Crippen molar-refractivity contribution in [2.75, 3.05) is 11.4 Å². The molecule has 0 unspecified atom stereocenters. The van der Waals surface area contributed by atoms with Gasteiger partial charge < -0.3 is 10.0 Å². The van der Waals surface area contributed by atoms with E-state index in [0.29, 0.717) is 18.5 Å². The largest absolute Gasteiger partial charge is 0.478 e. The van der Waals surface area contributed by atoms with E-state index >= 15 is 0 Å². The number of carbonyl (C=O) groups excluding carboxylic acids is 1. The second-order valence-electron chi connectivity index (χ2n) is 4.92. The van der Waals surface area contributed by atoms with Gasteiger partial charge in [0.25, 0.3) is 5.91 Å². The lowest BCUT2D eigenvalue weighted by Gasteiger charge is -2.29. The van der Waals surface area contributed by atoms with E-state index < -0.39 is 5.97 Å². The highest BCUT2D eigenvalue weighted by Crippen LogP contribution is 2.30. The predicted molar refractivity (Wildman–Crippen MR) is 73.5 cm³/mol. The number of hydrogen-bond acceptors (Lipinski definition) is 2. The summed E-state index contributed by atoms with van der Waals surface area (Å²) < 4.78 is 0. The summed E-state index contributed by atoms with van der Waals surface area (Å²) in [6, 6.07) is 5.10. The van der Waals surface area contributed by atoms with Crippen LogP contribution in [0.25, 0.3) is 0 Å². The van der Waals surface area contributed by atoms with Gasteiger partial charge in [-0.3, -0.25) is 4.79 Å². The number of anilines is 1. The maximum absolute atomic E-state index is 12.2. The van der Waals surface area contributed by atoms with Crippen LogP contribution in [0.4, 0.5) is 5.69 Å². The zero-order valence-electron chi connectivity index (χ0n) is 11.1. The molecule has 0 aromatic heterocycles. The van der Waals surface area contributed by atoms with Crippen LogP contribution in [0, 0.1) is 0 Å². The molecule has 1 aromatic carbocycles. The standard InChI is InChI=1S/C15H17NO3/c1-10(2)9-14(17)16-8-4-6-11-12(15(18)19)5-3-7-13(11)16/h3,5,7,9H,4,6,8H2,1-2H3,(H,18,19). The zero-order valence-corrected chi connectivity index (χ0v) is 11.1. The summed E-state index contributed by atoms with van der Waals surface area (Å²) in [5.74, 6) is -1.02. The number of carboxylic acids is 1. The molecule has 2 rings (SSSR count). The van der Waals surface area contributed by atoms with Gasteiger partial charge in [0.2, 0.25) is 0 Å². The minimum Gasteiger partial charge on any atom is -0.478 e. The summed E-state index contributed by atoms with van der Waals surface area (Å²) in [5.41, 5.74) is 2.73. The molecule has 4 nitrogen and oxygen atoms in total. The van der Waals surface area contributed by atoms with E-state index in [1.54, 1.807) is 23.1 Å². The molecule has 0 saturated carbocycles. The minimum atomic E-state index is -0.937. The lowest BCUT2D eigenvalue weighted by Crippen LogP contribution is -2.35. The molecule has 1 heterocycles. The molecule has 1 amide bonds. The van der Waals surface area contributed by atoms with Crippen molar-refractivity contribution in [3.8, 4) is 0 Å². The van der Waals surface area contributed by atoms with E-state index in [9.17, 15) is 14.7 Å². The van der Waals surface area contributed by atoms with Gasteiger partial charge in [-0.15, -0.1) is 0 Å². The topological polar surface area (TPSA) is 57.6 Å². The number of carboxylic acid groups (broad SMARTS) is 1. The highest BCUT2D eigenvalue weighted by molar-refractivity contribution is 6.04. The van der Waals surface area contributed by atoms with Crippen LogP contribution < -0.4 is 4.90 Å². The Morgan fingerprint density at radius 1 is 1.32 bits per heavy atom. The predicted octanol–water partition coefficient (Wildman–Crippen LogP) is 2.63. The normalized spacial score (nSPS) is 13.7. The number of aromatic carboxylic acids is 1. The number of amides is 1. The Hall–Kier alpha value is -2.10. The lowest BCUT2D eigenvalue weighted by molar-refractivity contribution is -0.114. The Kier molecular flexibility index (Phi) is 3.69. The molecule has 19 heavy (non-hydrogen) atoms. The molecule has 0 fully saturated rings. The Bertz CT molecular complexity index is 557. The van der Waals surface area contributed by atoms with E-state index in [4.69, 9.17) is 0 Å². The quantitative estimate of drug-likeness (QED) is 0.831. The third-order valence-corrected chi connectivity index (χ3v) is 3.16. The smallest absolute Gasteiger partial charge is 0.336 e. The van der Waals surface area contributed by atoms with Gasteiger partial charge in [-0.25, -0.2) is 4.79 Å². The second kappa shape index (κ2) is 5.26. The van der Waals surface area contributed by atoms with Crippen LogP contribution in [0.5, 0.6) is 0 Å². The molecule has 1 N–H and O–H groups in total. The zero-order chi connectivity index (χ0) is 14.0. The minimum absolute atomic E-state index is 0.0801. The molecule has 100 valence electrons. The van der Waals surface area contributed by atoms with Crippen LogP contribution in [0.1, 0.15) is 36.2 Å². The first-order chi connectivity index (χ1) is 9.00. The van der Waals surface area contributed by atoms with Gasteiger partial charge >= 0.3 is 5.97 Å². The summed E-state index contributed by atoms with van der Waals surface area (Å²) in [6.45, 7) is 4.38. The first-order valence-electron chi connectivity index (χ1n) is 6.32. The second-order valence-corrected chi connectivity index (χ2v) is 4.92. The Morgan fingerprint density at radius 3 is 2.68 bits per heavy atom. The molecule has 0 spiro atoms. The maximum Gasteiger partial charge on any atom is 0.336 e. The first-order valence-corrected chi connectivity index (χ1v) is 6.32. The number of hydrogen-bond donors (Lipinski definition) is 1. The van der Waals surface area contributed by atoms with Crippen molar-refractivity contribution in [1.29, 1.82) is 0 Å². The van der Waals surface area contributed by atoms with Gasteiger partial charge in [-0.1, -0.05) is 11.6 Å². The average molecular weight is 259 g/mol. The molecular formula is C15H17NO3. The van der Waals surface area contributed by atoms with E-state index in [-0.39, 0.29) is 5.91 Å².